The maximum atomic E-state index is 12.3. The molecule has 0 spiro atoms. The van der Waals surface area contributed by atoms with Gasteiger partial charge in [-0.1, -0.05) is 35.3 Å². The highest BCUT2D eigenvalue weighted by Gasteiger charge is 2.17. The minimum Gasteiger partial charge on any atom is -0.383 e. The maximum Gasteiger partial charge on any atom is 0.240 e. The van der Waals surface area contributed by atoms with Crippen LogP contribution >= 0.6 is 23.2 Å². The first kappa shape index (κ1) is 22.6. The lowest BCUT2D eigenvalue weighted by atomic mass is 10.1. The van der Waals surface area contributed by atoms with Gasteiger partial charge in [-0.2, -0.15) is 0 Å². The summed E-state index contributed by atoms with van der Waals surface area (Å²) in [6, 6.07) is 10.9. The third-order valence-electron chi connectivity index (χ3n) is 3.87. The lowest BCUT2D eigenvalue weighted by molar-refractivity contribution is -0.116. The number of rotatable bonds is 9. The maximum absolute atomic E-state index is 12.3. The average molecular weight is 445 g/mol. The number of anilines is 1. The molecule has 1 atom stereocenters. The predicted octanol–water partition coefficient (Wildman–Crippen LogP) is 3.88. The van der Waals surface area contributed by atoms with Gasteiger partial charge in [0.05, 0.1) is 21.5 Å². The Bertz CT molecular complexity index is 918. The highest BCUT2D eigenvalue weighted by atomic mass is 35.5. The van der Waals surface area contributed by atoms with E-state index in [9.17, 15) is 13.2 Å². The highest BCUT2D eigenvalue weighted by Crippen LogP contribution is 2.26. The number of carbonyl (C=O) groups excluding carboxylic acids is 1. The summed E-state index contributed by atoms with van der Waals surface area (Å²) in [5, 5.41) is 3.63. The summed E-state index contributed by atoms with van der Waals surface area (Å²) >= 11 is 12.1. The molecule has 0 radical (unpaired) electrons. The van der Waals surface area contributed by atoms with Crippen molar-refractivity contribution < 1.29 is 17.9 Å². The topological polar surface area (TPSA) is 84.5 Å². The van der Waals surface area contributed by atoms with E-state index in [2.05, 4.69) is 10.0 Å². The molecule has 0 aliphatic heterocycles. The van der Waals surface area contributed by atoms with E-state index in [1.807, 2.05) is 6.07 Å². The van der Waals surface area contributed by atoms with Crippen LogP contribution in [0.3, 0.4) is 0 Å². The van der Waals surface area contributed by atoms with Gasteiger partial charge in [0.1, 0.15) is 0 Å². The Morgan fingerprint density at radius 1 is 1.14 bits per heavy atom. The zero-order chi connectivity index (χ0) is 20.7. The minimum absolute atomic E-state index is 0.110. The van der Waals surface area contributed by atoms with Crippen molar-refractivity contribution in [2.45, 2.75) is 30.7 Å². The third-order valence-corrected chi connectivity index (χ3v) is 6.34. The summed E-state index contributed by atoms with van der Waals surface area (Å²) in [7, 11) is -2.15. The van der Waals surface area contributed by atoms with Crippen molar-refractivity contribution >= 4 is 44.8 Å². The molecule has 2 rings (SSSR count). The number of hydrogen-bond donors (Lipinski definition) is 2. The van der Waals surface area contributed by atoms with Crippen molar-refractivity contribution in [2.24, 2.45) is 0 Å². The summed E-state index contributed by atoms with van der Waals surface area (Å²) in [5.74, 6) is -0.210. The number of sulfonamides is 1. The van der Waals surface area contributed by atoms with Gasteiger partial charge in [0.25, 0.3) is 0 Å². The van der Waals surface area contributed by atoms with E-state index in [0.29, 0.717) is 22.2 Å². The zero-order valence-corrected chi connectivity index (χ0v) is 17.9. The summed E-state index contributed by atoms with van der Waals surface area (Å²) < 4.78 is 32.0. The molecule has 0 aliphatic carbocycles. The molecule has 2 aromatic carbocycles. The summed E-state index contributed by atoms with van der Waals surface area (Å²) in [4.78, 5) is 12.3. The van der Waals surface area contributed by atoms with E-state index in [-0.39, 0.29) is 29.9 Å². The molecule has 152 valence electrons. The molecule has 1 unspecified atom stereocenters. The van der Waals surface area contributed by atoms with Crippen LogP contribution in [-0.2, 0) is 26.0 Å². The molecule has 1 amide bonds. The molecule has 0 aromatic heterocycles. The lowest BCUT2D eigenvalue weighted by Gasteiger charge is -2.13. The molecule has 0 saturated heterocycles. The third kappa shape index (κ3) is 6.46. The van der Waals surface area contributed by atoms with E-state index in [4.69, 9.17) is 27.9 Å². The fourth-order valence-electron chi connectivity index (χ4n) is 2.55. The Morgan fingerprint density at radius 2 is 1.82 bits per heavy atom. The van der Waals surface area contributed by atoms with E-state index >= 15 is 0 Å². The van der Waals surface area contributed by atoms with Crippen LogP contribution in [0.25, 0.3) is 0 Å². The summed E-state index contributed by atoms with van der Waals surface area (Å²) in [6.07, 6.45) is 0.662. The first-order chi connectivity index (χ1) is 13.2. The van der Waals surface area contributed by atoms with Crippen LogP contribution in [0.15, 0.2) is 47.4 Å². The van der Waals surface area contributed by atoms with Crippen molar-refractivity contribution in [1.82, 2.24) is 4.72 Å². The van der Waals surface area contributed by atoms with Crippen LogP contribution in [0.1, 0.15) is 18.9 Å². The van der Waals surface area contributed by atoms with Gasteiger partial charge < -0.3 is 10.1 Å². The van der Waals surface area contributed by atoms with Crippen molar-refractivity contribution in [3.63, 3.8) is 0 Å². The predicted molar refractivity (Wildman–Crippen MR) is 112 cm³/mol. The van der Waals surface area contributed by atoms with E-state index in [1.54, 1.807) is 31.2 Å². The number of carbonyl (C=O) groups is 1. The van der Waals surface area contributed by atoms with Gasteiger partial charge in [0.2, 0.25) is 15.9 Å². The van der Waals surface area contributed by atoms with Crippen molar-refractivity contribution in [3.8, 4) is 0 Å². The first-order valence-corrected chi connectivity index (χ1v) is 10.8. The molecule has 0 heterocycles. The Balaban J connectivity index is 1.94. The number of methoxy groups -OCH3 is 1. The molecule has 0 bridgehead atoms. The quantitative estimate of drug-likeness (QED) is 0.614. The summed E-state index contributed by atoms with van der Waals surface area (Å²) in [6.45, 7) is 1.98. The molecule has 0 fully saturated rings. The van der Waals surface area contributed by atoms with E-state index < -0.39 is 10.0 Å². The Labute approximate surface area is 175 Å². The van der Waals surface area contributed by atoms with Crippen LogP contribution in [0.4, 0.5) is 5.69 Å². The zero-order valence-electron chi connectivity index (χ0n) is 15.5. The number of nitrogens with one attached hydrogen (secondary N) is 2. The SMILES string of the molecule is COCC(C)NS(=O)(=O)c1ccc(NC(=O)CCc2cccc(Cl)c2Cl)cc1. The average Bonchev–Trinajstić information content (AvgIpc) is 2.63. The van der Waals surface area contributed by atoms with Gasteiger partial charge in [-0.3, -0.25) is 4.79 Å². The number of amides is 1. The summed E-state index contributed by atoms with van der Waals surface area (Å²) in [5.41, 5.74) is 1.30. The molecule has 9 heteroatoms. The molecule has 2 N–H and O–H groups in total. The second-order valence-electron chi connectivity index (χ2n) is 6.26. The van der Waals surface area contributed by atoms with Crippen molar-refractivity contribution in [2.75, 3.05) is 19.0 Å². The normalized spacial score (nSPS) is 12.6. The van der Waals surface area contributed by atoms with Crippen LogP contribution in [0.5, 0.6) is 0 Å². The number of benzene rings is 2. The van der Waals surface area contributed by atoms with Gasteiger partial charge in [0.15, 0.2) is 0 Å². The van der Waals surface area contributed by atoms with Gasteiger partial charge in [0, 0.05) is 25.3 Å². The second-order valence-corrected chi connectivity index (χ2v) is 8.76. The number of ether oxygens (including phenoxy) is 1. The number of halogens is 2. The smallest absolute Gasteiger partial charge is 0.240 e. The largest absolute Gasteiger partial charge is 0.383 e. The van der Waals surface area contributed by atoms with Crippen LogP contribution in [-0.4, -0.2) is 34.1 Å². The van der Waals surface area contributed by atoms with Crippen molar-refractivity contribution in [3.05, 3.63) is 58.1 Å². The molecular weight excluding hydrogens is 423 g/mol. The molecule has 2 aromatic rings. The molecular formula is C19H22Cl2N2O4S. The van der Waals surface area contributed by atoms with E-state index in [0.717, 1.165) is 5.56 Å². The lowest BCUT2D eigenvalue weighted by Crippen LogP contribution is -2.35. The van der Waals surface area contributed by atoms with E-state index in [1.165, 1.54) is 19.2 Å². The highest BCUT2D eigenvalue weighted by molar-refractivity contribution is 7.89. The van der Waals surface area contributed by atoms with Crippen LogP contribution < -0.4 is 10.0 Å². The van der Waals surface area contributed by atoms with Crippen LogP contribution in [0, 0.1) is 0 Å². The first-order valence-electron chi connectivity index (χ1n) is 8.57. The van der Waals surface area contributed by atoms with Gasteiger partial charge in [-0.15, -0.1) is 0 Å². The molecule has 0 saturated carbocycles. The minimum atomic E-state index is -3.65. The second kappa shape index (κ2) is 10.2. The Hall–Kier alpha value is -1.64. The fourth-order valence-corrected chi connectivity index (χ4v) is 4.19. The fraction of sp³-hybridized carbons (Fsp3) is 0.316. The van der Waals surface area contributed by atoms with Crippen molar-refractivity contribution in [1.29, 1.82) is 0 Å². The number of aryl methyl sites for hydroxylation is 1. The number of hydrogen-bond acceptors (Lipinski definition) is 4. The standard InChI is InChI=1S/C19H22Cl2N2O4S/c1-13(12-27-2)23-28(25,26)16-9-7-15(8-10-16)22-18(24)11-6-14-4-3-5-17(20)19(14)21/h3-5,7-10,13,23H,6,11-12H2,1-2H3,(H,22,24). The molecule has 28 heavy (non-hydrogen) atoms. The van der Waals surface area contributed by atoms with Gasteiger partial charge >= 0.3 is 0 Å². The van der Waals surface area contributed by atoms with Gasteiger partial charge in [-0.05, 0) is 49.2 Å². The Kier molecular flexibility index (Phi) is 8.27. The van der Waals surface area contributed by atoms with Gasteiger partial charge in [-0.25, -0.2) is 13.1 Å². The Morgan fingerprint density at radius 3 is 2.46 bits per heavy atom. The monoisotopic (exact) mass is 444 g/mol. The molecule has 6 nitrogen and oxygen atoms in total. The molecule has 0 aliphatic rings. The van der Waals surface area contributed by atoms with Crippen LogP contribution in [0.2, 0.25) is 10.0 Å².